The Morgan fingerprint density at radius 1 is 1.03 bits per heavy atom. The van der Waals surface area contributed by atoms with Crippen molar-refractivity contribution in [3.63, 3.8) is 0 Å². The van der Waals surface area contributed by atoms with Crippen molar-refractivity contribution in [3.8, 4) is 0 Å². The molecule has 0 spiro atoms. The highest BCUT2D eigenvalue weighted by atomic mass is 19.4. The predicted octanol–water partition coefficient (Wildman–Crippen LogP) is 3.28. The van der Waals surface area contributed by atoms with Crippen LogP contribution in [0.1, 0.15) is 26.1 Å². The lowest BCUT2D eigenvalue weighted by Gasteiger charge is -2.39. The van der Waals surface area contributed by atoms with Gasteiger partial charge in [-0.3, -0.25) is 9.69 Å². The molecule has 168 valence electrons. The first-order valence-electron chi connectivity index (χ1n) is 10.8. The number of benzene rings is 1. The maximum atomic E-state index is 13.3. The van der Waals surface area contributed by atoms with Crippen molar-refractivity contribution in [3.05, 3.63) is 30.1 Å². The van der Waals surface area contributed by atoms with Gasteiger partial charge in [-0.05, 0) is 30.4 Å². The average molecular weight is 435 g/mol. The fraction of sp³-hybridized carbons (Fsp3) is 0.591. The average Bonchev–Trinajstić information content (AvgIpc) is 2.72. The molecule has 0 radical (unpaired) electrons. The number of para-hydroxylation sites is 1. The van der Waals surface area contributed by atoms with Crippen LogP contribution in [0.25, 0.3) is 10.9 Å². The monoisotopic (exact) mass is 435 g/mol. The molecule has 2 fully saturated rings. The van der Waals surface area contributed by atoms with E-state index in [4.69, 9.17) is 0 Å². The summed E-state index contributed by atoms with van der Waals surface area (Å²) in [6.07, 6.45) is -3.45. The second-order valence-electron chi connectivity index (χ2n) is 8.89. The van der Waals surface area contributed by atoms with E-state index >= 15 is 0 Å². The third kappa shape index (κ3) is 4.92. The van der Waals surface area contributed by atoms with Crippen molar-refractivity contribution in [2.45, 2.75) is 26.4 Å². The number of carbonyl (C=O) groups excluding carboxylic acids is 1. The van der Waals surface area contributed by atoms with Crippen LogP contribution in [0.4, 0.5) is 19.0 Å². The Labute approximate surface area is 180 Å². The number of aromatic nitrogens is 2. The van der Waals surface area contributed by atoms with Crippen LogP contribution < -0.4 is 4.90 Å². The number of fused-ring (bicyclic) bond motifs is 1. The first-order valence-corrected chi connectivity index (χ1v) is 10.8. The number of rotatable bonds is 3. The number of likely N-dealkylation sites (tertiary alicyclic amines) is 1. The largest absolute Gasteiger partial charge is 0.451 e. The number of carbonyl (C=O) groups is 1. The number of anilines is 1. The number of hydrogen-bond acceptors (Lipinski definition) is 5. The Kier molecular flexibility index (Phi) is 6.05. The summed E-state index contributed by atoms with van der Waals surface area (Å²) in [6.45, 7) is 8.54. The van der Waals surface area contributed by atoms with Gasteiger partial charge >= 0.3 is 6.18 Å². The molecule has 0 aliphatic carbocycles. The third-order valence-corrected chi connectivity index (χ3v) is 6.09. The van der Waals surface area contributed by atoms with Gasteiger partial charge in [0.15, 0.2) is 0 Å². The first-order chi connectivity index (χ1) is 14.7. The van der Waals surface area contributed by atoms with E-state index in [1.54, 1.807) is 24.3 Å². The number of alkyl halides is 3. The highest BCUT2D eigenvalue weighted by Gasteiger charge is 2.36. The zero-order chi connectivity index (χ0) is 22.2. The summed E-state index contributed by atoms with van der Waals surface area (Å²) in [7, 11) is 0. The summed E-state index contributed by atoms with van der Waals surface area (Å²) in [5.41, 5.74) is 0.283. The molecule has 2 saturated heterocycles. The number of piperidine rings is 1. The highest BCUT2D eigenvalue weighted by Crippen LogP contribution is 2.32. The molecule has 0 saturated carbocycles. The Hall–Kier alpha value is -2.42. The summed E-state index contributed by atoms with van der Waals surface area (Å²) in [5, 5.41) is 0.608. The van der Waals surface area contributed by atoms with E-state index in [9.17, 15) is 18.0 Å². The predicted molar refractivity (Wildman–Crippen MR) is 113 cm³/mol. The molecule has 3 heterocycles. The number of piperazine rings is 1. The van der Waals surface area contributed by atoms with Crippen LogP contribution in [0.5, 0.6) is 0 Å². The zero-order valence-corrected chi connectivity index (χ0v) is 17.9. The van der Waals surface area contributed by atoms with E-state index in [1.165, 1.54) is 0 Å². The zero-order valence-electron chi connectivity index (χ0n) is 17.9. The fourth-order valence-electron chi connectivity index (χ4n) is 4.70. The fourth-order valence-corrected chi connectivity index (χ4v) is 4.70. The maximum absolute atomic E-state index is 13.3. The molecule has 2 atom stereocenters. The molecule has 9 heteroatoms. The molecule has 0 bridgehead atoms. The second-order valence-corrected chi connectivity index (χ2v) is 8.89. The van der Waals surface area contributed by atoms with E-state index < -0.39 is 12.0 Å². The highest BCUT2D eigenvalue weighted by molar-refractivity contribution is 5.89. The van der Waals surface area contributed by atoms with Crippen LogP contribution >= 0.6 is 0 Å². The molecule has 2 unspecified atom stereocenters. The molecular weight excluding hydrogens is 407 g/mol. The van der Waals surface area contributed by atoms with Gasteiger partial charge in [-0.2, -0.15) is 13.2 Å². The number of halogens is 3. The quantitative estimate of drug-likeness (QED) is 0.741. The Bertz CT molecular complexity index is 932. The molecular formula is C22H28F3N5O. The number of nitrogens with zero attached hydrogens (tertiary/aromatic N) is 5. The number of hydrogen-bond donors (Lipinski definition) is 0. The molecule has 1 amide bonds. The smallest absolute Gasteiger partial charge is 0.353 e. The van der Waals surface area contributed by atoms with E-state index in [0.29, 0.717) is 55.8 Å². The minimum Gasteiger partial charge on any atom is -0.353 e. The maximum Gasteiger partial charge on any atom is 0.451 e. The van der Waals surface area contributed by atoms with Crippen molar-refractivity contribution in [2.75, 3.05) is 50.7 Å². The first kappa shape index (κ1) is 21.8. The topological polar surface area (TPSA) is 52.6 Å². The minimum atomic E-state index is -4.60. The summed E-state index contributed by atoms with van der Waals surface area (Å²) in [5.74, 6) is 0.352. The van der Waals surface area contributed by atoms with Gasteiger partial charge in [-0.25, -0.2) is 9.97 Å². The van der Waals surface area contributed by atoms with Gasteiger partial charge in [0, 0.05) is 44.7 Å². The molecule has 1 aromatic heterocycles. The van der Waals surface area contributed by atoms with Crippen molar-refractivity contribution in [2.24, 2.45) is 11.8 Å². The van der Waals surface area contributed by atoms with Crippen LogP contribution in [-0.4, -0.2) is 71.5 Å². The molecule has 2 aromatic rings. The van der Waals surface area contributed by atoms with E-state index in [0.717, 1.165) is 19.5 Å². The Morgan fingerprint density at radius 2 is 1.68 bits per heavy atom. The molecule has 6 nitrogen and oxygen atoms in total. The molecule has 1 aromatic carbocycles. The van der Waals surface area contributed by atoms with Crippen molar-refractivity contribution >= 4 is 22.6 Å². The van der Waals surface area contributed by atoms with Gasteiger partial charge in [0.1, 0.15) is 5.82 Å². The second kappa shape index (κ2) is 8.61. The Balaban J connectivity index is 1.44. The van der Waals surface area contributed by atoms with Crippen molar-refractivity contribution in [1.82, 2.24) is 19.8 Å². The summed E-state index contributed by atoms with van der Waals surface area (Å²) >= 11 is 0. The van der Waals surface area contributed by atoms with Crippen LogP contribution in [-0.2, 0) is 11.0 Å². The van der Waals surface area contributed by atoms with Gasteiger partial charge in [-0.1, -0.05) is 26.0 Å². The standard InChI is InChI=1S/C22H28F3N5O/c1-15-11-16(2)13-30(12-15)19(31)14-28-7-9-29(10-8-28)20-17-5-3-4-6-18(17)26-21(27-20)22(23,24)25/h3-6,15-16H,7-14H2,1-2H3. The molecule has 31 heavy (non-hydrogen) atoms. The summed E-state index contributed by atoms with van der Waals surface area (Å²) in [4.78, 5) is 26.2. The van der Waals surface area contributed by atoms with Gasteiger partial charge < -0.3 is 9.80 Å². The van der Waals surface area contributed by atoms with Crippen molar-refractivity contribution in [1.29, 1.82) is 0 Å². The molecule has 2 aliphatic rings. The Morgan fingerprint density at radius 3 is 2.32 bits per heavy atom. The van der Waals surface area contributed by atoms with Crippen LogP contribution in [0, 0.1) is 11.8 Å². The summed E-state index contributed by atoms with van der Waals surface area (Å²) < 4.78 is 39.9. The lowest BCUT2D eigenvalue weighted by atomic mass is 9.92. The normalized spacial score (nSPS) is 23.4. The van der Waals surface area contributed by atoms with E-state index in [-0.39, 0.29) is 11.4 Å². The van der Waals surface area contributed by atoms with Gasteiger partial charge in [0.25, 0.3) is 0 Å². The van der Waals surface area contributed by atoms with Crippen LogP contribution in [0.3, 0.4) is 0 Å². The lowest BCUT2D eigenvalue weighted by Crippen LogP contribution is -2.52. The summed E-state index contributed by atoms with van der Waals surface area (Å²) in [6, 6.07) is 6.77. The number of amides is 1. The SMILES string of the molecule is CC1CC(C)CN(C(=O)CN2CCN(c3nc(C(F)(F)F)nc4ccccc34)CC2)C1. The van der Waals surface area contributed by atoms with Crippen LogP contribution in [0.15, 0.2) is 24.3 Å². The van der Waals surface area contributed by atoms with E-state index in [1.807, 2.05) is 9.80 Å². The lowest BCUT2D eigenvalue weighted by molar-refractivity contribution is -0.144. The van der Waals surface area contributed by atoms with Gasteiger partial charge in [-0.15, -0.1) is 0 Å². The van der Waals surface area contributed by atoms with Gasteiger partial charge in [0.2, 0.25) is 11.7 Å². The van der Waals surface area contributed by atoms with E-state index in [2.05, 4.69) is 28.7 Å². The van der Waals surface area contributed by atoms with Crippen molar-refractivity contribution < 1.29 is 18.0 Å². The van der Waals surface area contributed by atoms with Gasteiger partial charge in [0.05, 0.1) is 12.1 Å². The molecule has 2 aliphatic heterocycles. The molecule has 0 N–H and O–H groups in total. The minimum absolute atomic E-state index is 0.138. The molecule has 4 rings (SSSR count). The van der Waals surface area contributed by atoms with Crippen LogP contribution in [0.2, 0.25) is 0 Å². The third-order valence-electron chi connectivity index (χ3n) is 6.09.